The first-order valence-corrected chi connectivity index (χ1v) is 4.31. The van der Waals surface area contributed by atoms with Crippen LogP contribution in [-0.2, 0) is 6.42 Å². The molecule has 0 amide bonds. The van der Waals surface area contributed by atoms with Gasteiger partial charge >= 0.3 is 6.18 Å². The quantitative estimate of drug-likeness (QED) is 0.481. The second-order valence-corrected chi connectivity index (χ2v) is 3.20. The van der Waals surface area contributed by atoms with E-state index in [4.69, 9.17) is 5.84 Å². The van der Waals surface area contributed by atoms with Gasteiger partial charge in [0, 0.05) is 6.42 Å². The van der Waals surface area contributed by atoms with Crippen molar-refractivity contribution in [1.29, 1.82) is 0 Å². The summed E-state index contributed by atoms with van der Waals surface area (Å²) in [7, 11) is 0. The maximum Gasteiger partial charge on any atom is 0.405 e. The summed E-state index contributed by atoms with van der Waals surface area (Å²) < 4.78 is 62.6. The van der Waals surface area contributed by atoms with Crippen LogP contribution >= 0.6 is 0 Å². The Morgan fingerprint density at radius 1 is 1.25 bits per heavy atom. The van der Waals surface area contributed by atoms with Crippen molar-refractivity contribution in [2.45, 2.75) is 18.6 Å². The third-order valence-electron chi connectivity index (χ3n) is 2.03. The van der Waals surface area contributed by atoms with Gasteiger partial charge in [0.25, 0.3) is 0 Å². The van der Waals surface area contributed by atoms with Gasteiger partial charge in [0.15, 0.2) is 0 Å². The molecule has 0 saturated carbocycles. The number of rotatable bonds is 3. The molecule has 0 saturated heterocycles. The van der Waals surface area contributed by atoms with Gasteiger partial charge in [0.05, 0.1) is 0 Å². The standard InChI is InChI=1S/C9H9F5N2/c10-6-1-2-7(11)5(3-6)4-8(16-15)9(12,13)14/h1-3,8,16H,4,15H2. The van der Waals surface area contributed by atoms with Gasteiger partial charge in [-0.05, 0) is 23.8 Å². The van der Waals surface area contributed by atoms with E-state index in [1.807, 2.05) is 0 Å². The number of hydrazine groups is 1. The smallest absolute Gasteiger partial charge is 0.271 e. The molecule has 3 N–H and O–H groups in total. The number of halogens is 5. The van der Waals surface area contributed by atoms with Crippen molar-refractivity contribution in [2.24, 2.45) is 5.84 Å². The zero-order valence-corrected chi connectivity index (χ0v) is 7.98. The number of nitrogens with two attached hydrogens (primary N) is 1. The van der Waals surface area contributed by atoms with Crippen LogP contribution in [0, 0.1) is 11.6 Å². The Morgan fingerprint density at radius 2 is 1.88 bits per heavy atom. The van der Waals surface area contributed by atoms with E-state index < -0.39 is 30.3 Å². The van der Waals surface area contributed by atoms with E-state index >= 15 is 0 Å². The lowest BCUT2D eigenvalue weighted by atomic mass is 10.1. The molecule has 90 valence electrons. The Balaban J connectivity index is 2.90. The Morgan fingerprint density at radius 3 is 2.38 bits per heavy atom. The van der Waals surface area contributed by atoms with Crippen molar-refractivity contribution in [1.82, 2.24) is 5.43 Å². The molecule has 0 radical (unpaired) electrons. The molecule has 0 aromatic heterocycles. The van der Waals surface area contributed by atoms with E-state index in [0.717, 1.165) is 12.1 Å². The summed E-state index contributed by atoms with van der Waals surface area (Å²) >= 11 is 0. The first kappa shape index (κ1) is 12.9. The van der Waals surface area contributed by atoms with Crippen molar-refractivity contribution in [2.75, 3.05) is 0 Å². The predicted octanol–water partition coefficient (Wildman–Crippen LogP) is 1.90. The summed E-state index contributed by atoms with van der Waals surface area (Å²) in [6, 6.07) is 0.209. The van der Waals surface area contributed by atoms with Gasteiger partial charge in [-0.3, -0.25) is 5.84 Å². The van der Waals surface area contributed by atoms with Gasteiger partial charge in [0.2, 0.25) is 0 Å². The average molecular weight is 240 g/mol. The molecular weight excluding hydrogens is 231 g/mol. The van der Waals surface area contributed by atoms with Crippen molar-refractivity contribution >= 4 is 0 Å². The highest BCUT2D eigenvalue weighted by molar-refractivity contribution is 5.20. The third kappa shape index (κ3) is 3.14. The van der Waals surface area contributed by atoms with E-state index in [9.17, 15) is 22.0 Å². The van der Waals surface area contributed by atoms with Gasteiger partial charge < -0.3 is 0 Å². The number of hydrogen-bond acceptors (Lipinski definition) is 2. The summed E-state index contributed by atoms with van der Waals surface area (Å²) in [5, 5.41) is 0. The van der Waals surface area contributed by atoms with Crippen LogP contribution in [-0.4, -0.2) is 12.2 Å². The molecular formula is C9H9F5N2. The van der Waals surface area contributed by atoms with Crippen molar-refractivity contribution in [3.8, 4) is 0 Å². The minimum atomic E-state index is -4.62. The lowest BCUT2D eigenvalue weighted by Gasteiger charge is -2.19. The van der Waals surface area contributed by atoms with E-state index in [1.54, 1.807) is 0 Å². The summed E-state index contributed by atoms with van der Waals surface area (Å²) in [6.45, 7) is 0. The van der Waals surface area contributed by atoms with Gasteiger partial charge in [-0.25, -0.2) is 14.2 Å². The zero-order chi connectivity index (χ0) is 12.3. The Hall–Kier alpha value is -1.21. The topological polar surface area (TPSA) is 38.0 Å². The van der Waals surface area contributed by atoms with Crippen LogP contribution in [0.2, 0.25) is 0 Å². The minimum Gasteiger partial charge on any atom is -0.271 e. The molecule has 1 rings (SSSR count). The molecule has 1 unspecified atom stereocenters. The highest BCUT2D eigenvalue weighted by atomic mass is 19.4. The third-order valence-corrected chi connectivity index (χ3v) is 2.03. The molecule has 7 heteroatoms. The largest absolute Gasteiger partial charge is 0.405 e. The van der Waals surface area contributed by atoms with Crippen LogP contribution < -0.4 is 11.3 Å². The lowest BCUT2D eigenvalue weighted by Crippen LogP contribution is -2.47. The maximum atomic E-state index is 13.1. The highest BCUT2D eigenvalue weighted by Gasteiger charge is 2.39. The second kappa shape index (κ2) is 4.75. The van der Waals surface area contributed by atoms with Gasteiger partial charge in [-0.15, -0.1) is 0 Å². The molecule has 16 heavy (non-hydrogen) atoms. The SMILES string of the molecule is NNC(Cc1cc(F)ccc1F)C(F)(F)F. The Bertz CT molecular complexity index is 363. The van der Waals surface area contributed by atoms with Crippen molar-refractivity contribution < 1.29 is 22.0 Å². The fraction of sp³-hybridized carbons (Fsp3) is 0.333. The number of benzene rings is 1. The molecule has 0 fully saturated rings. The zero-order valence-electron chi connectivity index (χ0n) is 7.98. The van der Waals surface area contributed by atoms with Crippen LogP contribution in [0.3, 0.4) is 0 Å². The molecule has 0 aliphatic rings. The molecule has 0 bridgehead atoms. The van der Waals surface area contributed by atoms with Crippen molar-refractivity contribution in [3.05, 3.63) is 35.4 Å². The van der Waals surface area contributed by atoms with Crippen LogP contribution in [0.4, 0.5) is 22.0 Å². The maximum absolute atomic E-state index is 13.1. The van der Waals surface area contributed by atoms with Crippen molar-refractivity contribution in [3.63, 3.8) is 0 Å². The number of nitrogens with one attached hydrogen (secondary N) is 1. The first-order valence-electron chi connectivity index (χ1n) is 4.31. The lowest BCUT2D eigenvalue weighted by molar-refractivity contribution is -0.155. The Labute approximate surface area is 88.2 Å². The predicted molar refractivity (Wildman–Crippen MR) is 47.2 cm³/mol. The minimum absolute atomic E-state index is 0.375. The monoisotopic (exact) mass is 240 g/mol. The van der Waals surface area contributed by atoms with Gasteiger partial charge in [0.1, 0.15) is 17.7 Å². The van der Waals surface area contributed by atoms with E-state index in [0.29, 0.717) is 6.07 Å². The van der Waals surface area contributed by atoms with Gasteiger partial charge in [-0.1, -0.05) is 0 Å². The fourth-order valence-corrected chi connectivity index (χ4v) is 1.19. The number of hydrogen-bond donors (Lipinski definition) is 2. The summed E-state index contributed by atoms with van der Waals surface area (Å²) in [6.07, 6.45) is -5.38. The normalized spacial score (nSPS) is 13.9. The first-order chi connectivity index (χ1) is 7.34. The molecule has 0 aliphatic heterocycles. The highest BCUT2D eigenvalue weighted by Crippen LogP contribution is 2.23. The molecule has 0 aliphatic carbocycles. The molecule has 2 nitrogen and oxygen atoms in total. The van der Waals surface area contributed by atoms with E-state index in [1.165, 1.54) is 5.43 Å². The van der Waals surface area contributed by atoms with Crippen LogP contribution in [0.5, 0.6) is 0 Å². The van der Waals surface area contributed by atoms with Crippen LogP contribution in [0.15, 0.2) is 18.2 Å². The fourth-order valence-electron chi connectivity index (χ4n) is 1.19. The molecule has 0 heterocycles. The second-order valence-electron chi connectivity index (χ2n) is 3.20. The molecule has 1 aromatic carbocycles. The van der Waals surface area contributed by atoms with Crippen LogP contribution in [0.25, 0.3) is 0 Å². The van der Waals surface area contributed by atoms with E-state index in [-0.39, 0.29) is 5.56 Å². The van der Waals surface area contributed by atoms with Crippen LogP contribution in [0.1, 0.15) is 5.56 Å². The number of alkyl halides is 3. The molecule has 1 aromatic rings. The summed E-state index contributed by atoms with van der Waals surface area (Å²) in [5.74, 6) is 3.01. The van der Waals surface area contributed by atoms with Gasteiger partial charge in [-0.2, -0.15) is 13.2 Å². The Kier molecular flexibility index (Phi) is 3.82. The van der Waals surface area contributed by atoms with E-state index in [2.05, 4.69) is 0 Å². The summed E-state index contributed by atoms with van der Waals surface area (Å²) in [5.41, 5.74) is 1.15. The molecule has 0 spiro atoms. The summed E-state index contributed by atoms with van der Waals surface area (Å²) in [4.78, 5) is 0. The molecule has 1 atom stereocenters. The average Bonchev–Trinajstić information content (AvgIpc) is 2.17.